The van der Waals surface area contributed by atoms with Crippen LogP contribution in [0.25, 0.3) is 5.76 Å². The maximum absolute atomic E-state index is 12.4. The van der Waals surface area contributed by atoms with Crippen LogP contribution in [0, 0.1) is 0 Å². The quantitative estimate of drug-likeness (QED) is 0.589. The smallest absolute Gasteiger partial charge is 0.258 e. The summed E-state index contributed by atoms with van der Waals surface area (Å²) < 4.78 is 0. The van der Waals surface area contributed by atoms with Crippen molar-refractivity contribution in [3.05, 3.63) is 89.8 Å². The summed E-state index contributed by atoms with van der Waals surface area (Å²) >= 11 is 0. The molecule has 0 radical (unpaired) electrons. The number of benzene rings is 2. The number of nitrogens with one attached hydrogen (secondary N) is 2. The van der Waals surface area contributed by atoms with Crippen LogP contribution in [-0.2, 0) is 4.79 Å². The monoisotopic (exact) mass is 292 g/mol. The lowest BCUT2D eigenvalue weighted by atomic mass is 9.93. The first-order valence-corrected chi connectivity index (χ1v) is 6.97. The van der Waals surface area contributed by atoms with Gasteiger partial charge in [0.15, 0.2) is 0 Å². The molecule has 3 N–H and O–H groups in total. The molecule has 1 unspecified atom stereocenters. The molecule has 1 heterocycles. The Bertz CT molecular complexity index is 736. The van der Waals surface area contributed by atoms with Gasteiger partial charge in [0.2, 0.25) is 0 Å². The molecule has 1 aliphatic heterocycles. The molecule has 2 aromatic rings. The second-order valence-corrected chi connectivity index (χ2v) is 5.05. The third kappa shape index (κ3) is 2.59. The molecule has 4 nitrogen and oxygen atoms in total. The normalized spacial score (nSPS) is 20.1. The molecule has 1 saturated heterocycles. The Morgan fingerprint density at radius 2 is 1.59 bits per heavy atom. The van der Waals surface area contributed by atoms with Crippen molar-refractivity contribution in [2.24, 2.45) is 0 Å². The van der Waals surface area contributed by atoms with E-state index in [1.165, 1.54) is 0 Å². The Kier molecular flexibility index (Phi) is 3.66. The van der Waals surface area contributed by atoms with Crippen LogP contribution in [0.15, 0.2) is 78.6 Å². The Labute approximate surface area is 128 Å². The van der Waals surface area contributed by atoms with Crippen molar-refractivity contribution < 1.29 is 9.90 Å². The molecule has 0 spiro atoms. The van der Waals surface area contributed by atoms with Crippen molar-refractivity contribution in [1.82, 2.24) is 10.6 Å². The van der Waals surface area contributed by atoms with Crippen molar-refractivity contribution in [3.63, 3.8) is 0 Å². The van der Waals surface area contributed by atoms with Gasteiger partial charge in [-0.25, -0.2) is 0 Å². The lowest BCUT2D eigenvalue weighted by Crippen LogP contribution is -2.43. The Morgan fingerprint density at radius 3 is 2.23 bits per heavy atom. The molecule has 110 valence electrons. The zero-order valence-electron chi connectivity index (χ0n) is 11.9. The summed E-state index contributed by atoms with van der Waals surface area (Å²) in [6, 6.07) is 18.1. The summed E-state index contributed by atoms with van der Waals surface area (Å²) in [6.45, 7) is 3.76. The average molecular weight is 292 g/mol. The van der Waals surface area contributed by atoms with E-state index in [1.807, 2.05) is 48.5 Å². The predicted octanol–water partition coefficient (Wildman–Crippen LogP) is 2.89. The average Bonchev–Trinajstić information content (AvgIpc) is 2.55. The zero-order valence-corrected chi connectivity index (χ0v) is 11.9. The lowest BCUT2D eigenvalue weighted by molar-refractivity contribution is -0.118. The van der Waals surface area contributed by atoms with Crippen LogP contribution in [0.3, 0.4) is 0 Å². The van der Waals surface area contributed by atoms with Gasteiger partial charge in [-0.15, -0.1) is 0 Å². The number of aliphatic hydroxyl groups excluding tert-OH is 1. The fourth-order valence-corrected chi connectivity index (χ4v) is 2.51. The molecule has 4 heteroatoms. The van der Waals surface area contributed by atoms with Crippen LogP contribution in [0.5, 0.6) is 0 Å². The number of rotatable bonds is 2. The van der Waals surface area contributed by atoms with E-state index in [0.29, 0.717) is 11.4 Å². The van der Waals surface area contributed by atoms with E-state index in [2.05, 4.69) is 17.2 Å². The first-order valence-electron chi connectivity index (χ1n) is 6.97. The third-order valence-electron chi connectivity index (χ3n) is 3.55. The Balaban J connectivity index is 2.12. The van der Waals surface area contributed by atoms with Crippen molar-refractivity contribution in [2.75, 3.05) is 0 Å². The first kappa shape index (κ1) is 13.9. The van der Waals surface area contributed by atoms with Crippen LogP contribution < -0.4 is 10.6 Å². The molecule has 0 saturated carbocycles. The van der Waals surface area contributed by atoms with Crippen LogP contribution in [-0.4, -0.2) is 11.0 Å². The van der Waals surface area contributed by atoms with Gasteiger partial charge in [-0.3, -0.25) is 4.79 Å². The molecule has 0 aliphatic carbocycles. The van der Waals surface area contributed by atoms with Gasteiger partial charge in [0.05, 0.1) is 17.4 Å². The molecule has 1 atom stereocenters. The summed E-state index contributed by atoms with van der Waals surface area (Å²) in [7, 11) is 0. The van der Waals surface area contributed by atoms with E-state index in [0.717, 1.165) is 5.56 Å². The zero-order chi connectivity index (χ0) is 15.5. The van der Waals surface area contributed by atoms with Gasteiger partial charge in [0.25, 0.3) is 5.91 Å². The molecule has 22 heavy (non-hydrogen) atoms. The van der Waals surface area contributed by atoms with Crippen LogP contribution in [0.1, 0.15) is 17.2 Å². The van der Waals surface area contributed by atoms with Gasteiger partial charge in [0.1, 0.15) is 5.76 Å². The van der Waals surface area contributed by atoms with E-state index in [-0.39, 0.29) is 17.2 Å². The van der Waals surface area contributed by atoms with Crippen molar-refractivity contribution in [3.8, 4) is 0 Å². The molecule has 1 aliphatic rings. The van der Waals surface area contributed by atoms with Gasteiger partial charge in [0, 0.05) is 5.56 Å². The standard InChI is InChI=1S/C18H16N2O2/c1-12-19-16(13-8-4-2-5-9-13)15(18(22)20-12)17(21)14-10-6-3-7-11-14/h2-11,16,19,21H,1H2,(H,20,22). The fourth-order valence-electron chi connectivity index (χ4n) is 2.51. The number of hydrogen-bond acceptors (Lipinski definition) is 3. The molecule has 0 aromatic heterocycles. The number of carbonyl (C=O) groups excluding carboxylic acids is 1. The van der Waals surface area contributed by atoms with Crippen LogP contribution in [0.2, 0.25) is 0 Å². The van der Waals surface area contributed by atoms with Gasteiger partial charge < -0.3 is 15.7 Å². The van der Waals surface area contributed by atoms with Crippen molar-refractivity contribution in [2.45, 2.75) is 6.04 Å². The minimum atomic E-state index is -0.442. The summed E-state index contributed by atoms with van der Waals surface area (Å²) in [4.78, 5) is 12.4. The highest BCUT2D eigenvalue weighted by molar-refractivity contribution is 6.02. The molecular formula is C18H16N2O2. The topological polar surface area (TPSA) is 61.4 Å². The molecule has 2 aromatic carbocycles. The minimum absolute atomic E-state index is 0.0352. The molecular weight excluding hydrogens is 276 g/mol. The van der Waals surface area contributed by atoms with Crippen molar-refractivity contribution in [1.29, 1.82) is 0 Å². The molecule has 3 rings (SSSR count). The largest absolute Gasteiger partial charge is 0.507 e. The maximum Gasteiger partial charge on any atom is 0.258 e. The summed E-state index contributed by atoms with van der Waals surface area (Å²) in [5.74, 6) is 0.0365. The fraction of sp³-hybridized carbons (Fsp3) is 0.0556. The molecule has 0 bridgehead atoms. The van der Waals surface area contributed by atoms with Gasteiger partial charge in [-0.2, -0.15) is 0 Å². The SMILES string of the molecule is C=C1NC(=O)C(=C(O)c2ccccc2)C(c2ccccc2)N1. The number of aliphatic hydroxyl groups is 1. The third-order valence-corrected chi connectivity index (χ3v) is 3.55. The van der Waals surface area contributed by atoms with Gasteiger partial charge in [-0.05, 0) is 5.56 Å². The van der Waals surface area contributed by atoms with E-state index in [1.54, 1.807) is 12.1 Å². The van der Waals surface area contributed by atoms with E-state index < -0.39 is 6.04 Å². The second kappa shape index (κ2) is 5.77. The van der Waals surface area contributed by atoms with E-state index in [4.69, 9.17) is 0 Å². The number of carbonyl (C=O) groups is 1. The van der Waals surface area contributed by atoms with Crippen molar-refractivity contribution >= 4 is 11.7 Å². The first-order chi connectivity index (χ1) is 10.7. The highest BCUT2D eigenvalue weighted by Gasteiger charge is 2.31. The second-order valence-electron chi connectivity index (χ2n) is 5.05. The lowest BCUT2D eigenvalue weighted by Gasteiger charge is -2.30. The number of hydrogen-bond donors (Lipinski definition) is 3. The number of amides is 1. The molecule has 1 fully saturated rings. The van der Waals surface area contributed by atoms with E-state index in [9.17, 15) is 9.90 Å². The van der Waals surface area contributed by atoms with Crippen LogP contribution >= 0.6 is 0 Å². The minimum Gasteiger partial charge on any atom is -0.507 e. The summed E-state index contributed by atoms with van der Waals surface area (Å²) in [5, 5.41) is 16.3. The van der Waals surface area contributed by atoms with Gasteiger partial charge >= 0.3 is 0 Å². The van der Waals surface area contributed by atoms with Gasteiger partial charge in [-0.1, -0.05) is 67.2 Å². The highest BCUT2D eigenvalue weighted by Crippen LogP contribution is 2.30. The summed E-state index contributed by atoms with van der Waals surface area (Å²) in [6.07, 6.45) is 0. The van der Waals surface area contributed by atoms with Crippen LogP contribution in [0.4, 0.5) is 0 Å². The molecule has 1 amide bonds. The maximum atomic E-state index is 12.4. The van der Waals surface area contributed by atoms with E-state index >= 15 is 0 Å². The Morgan fingerprint density at radius 1 is 1.00 bits per heavy atom. The predicted molar refractivity (Wildman–Crippen MR) is 85.6 cm³/mol. The highest BCUT2D eigenvalue weighted by atomic mass is 16.3. The summed E-state index contributed by atoms with van der Waals surface area (Å²) in [5.41, 5.74) is 1.77. The Hall–Kier alpha value is -3.01.